The van der Waals surface area contributed by atoms with E-state index in [1.807, 2.05) is 24.3 Å². The Hall–Kier alpha value is -3.35. The van der Waals surface area contributed by atoms with E-state index in [9.17, 15) is 4.79 Å². The zero-order chi connectivity index (χ0) is 18.7. The molecule has 0 N–H and O–H groups in total. The number of hydrogen-bond donors (Lipinski definition) is 0. The van der Waals surface area contributed by atoms with E-state index >= 15 is 0 Å². The minimum absolute atomic E-state index is 0.192. The van der Waals surface area contributed by atoms with Gasteiger partial charge in [-0.25, -0.2) is 0 Å². The second-order valence-electron chi connectivity index (χ2n) is 5.52. The lowest BCUT2D eigenvalue weighted by Gasteiger charge is -2.11. The molecule has 7 nitrogen and oxygen atoms in total. The monoisotopic (exact) mass is 353 g/mol. The van der Waals surface area contributed by atoms with Gasteiger partial charge in [-0.2, -0.15) is 5.10 Å². The van der Waals surface area contributed by atoms with E-state index in [-0.39, 0.29) is 5.91 Å². The molecule has 0 fully saturated rings. The molecule has 3 rings (SSSR count). The molecular formula is C19H19N3O4. The fourth-order valence-corrected chi connectivity index (χ4v) is 2.75. The summed E-state index contributed by atoms with van der Waals surface area (Å²) >= 11 is 0. The minimum Gasteiger partial charge on any atom is -0.496 e. The number of likely N-dealkylation sites (N-methyl/N-ethyl adjacent to an activating group) is 1. The van der Waals surface area contributed by atoms with Crippen molar-refractivity contribution in [1.29, 1.82) is 0 Å². The SMILES string of the molecule is COc1cc(OC)c(OC)cc1/C=N\N=C1/C(=O)N(C)c2ccccc21. The van der Waals surface area contributed by atoms with E-state index in [2.05, 4.69) is 10.2 Å². The van der Waals surface area contributed by atoms with Crippen LogP contribution in [0.1, 0.15) is 11.1 Å². The van der Waals surface area contributed by atoms with Crippen LogP contribution < -0.4 is 19.1 Å². The van der Waals surface area contributed by atoms with Crippen LogP contribution in [0.4, 0.5) is 5.69 Å². The Labute approximate surface area is 151 Å². The molecule has 0 atom stereocenters. The van der Waals surface area contributed by atoms with Crippen molar-refractivity contribution in [2.45, 2.75) is 0 Å². The van der Waals surface area contributed by atoms with Crippen LogP contribution in [-0.2, 0) is 4.79 Å². The normalized spacial score (nSPS) is 14.8. The number of carbonyl (C=O) groups excluding carboxylic acids is 1. The largest absolute Gasteiger partial charge is 0.496 e. The maximum absolute atomic E-state index is 12.4. The Bertz CT molecular complexity index is 906. The highest BCUT2D eigenvalue weighted by atomic mass is 16.5. The molecule has 0 saturated carbocycles. The lowest BCUT2D eigenvalue weighted by atomic mass is 10.1. The number of amides is 1. The molecule has 2 aromatic carbocycles. The molecule has 1 aliphatic rings. The number of methoxy groups -OCH3 is 3. The molecule has 0 saturated heterocycles. The smallest absolute Gasteiger partial charge is 0.279 e. The van der Waals surface area contributed by atoms with Crippen molar-refractivity contribution in [2.24, 2.45) is 10.2 Å². The number of para-hydroxylation sites is 1. The number of fused-ring (bicyclic) bond motifs is 1. The zero-order valence-electron chi connectivity index (χ0n) is 15.0. The molecule has 0 unspecified atom stereocenters. The Morgan fingerprint density at radius 2 is 1.62 bits per heavy atom. The summed E-state index contributed by atoms with van der Waals surface area (Å²) in [5.74, 6) is 1.46. The van der Waals surface area contributed by atoms with Gasteiger partial charge in [0.15, 0.2) is 17.2 Å². The van der Waals surface area contributed by atoms with Crippen molar-refractivity contribution >= 4 is 23.5 Å². The van der Waals surface area contributed by atoms with Gasteiger partial charge in [-0.15, -0.1) is 5.10 Å². The summed E-state index contributed by atoms with van der Waals surface area (Å²) in [4.78, 5) is 13.9. The third kappa shape index (κ3) is 2.99. The summed E-state index contributed by atoms with van der Waals surface area (Å²) in [6, 6.07) is 10.9. The molecule has 0 aliphatic carbocycles. The van der Waals surface area contributed by atoms with Gasteiger partial charge in [0, 0.05) is 24.2 Å². The Morgan fingerprint density at radius 1 is 0.962 bits per heavy atom. The number of hydrogen-bond acceptors (Lipinski definition) is 6. The number of anilines is 1. The van der Waals surface area contributed by atoms with Crippen LogP contribution in [0.25, 0.3) is 0 Å². The molecule has 7 heteroatoms. The predicted octanol–water partition coefficient (Wildman–Crippen LogP) is 2.51. The highest BCUT2D eigenvalue weighted by Crippen LogP contribution is 2.34. The molecule has 1 amide bonds. The molecule has 0 bridgehead atoms. The summed E-state index contributed by atoms with van der Waals surface area (Å²) in [6.45, 7) is 0. The summed E-state index contributed by atoms with van der Waals surface area (Å²) in [6.07, 6.45) is 1.52. The number of rotatable bonds is 5. The van der Waals surface area contributed by atoms with Gasteiger partial charge in [-0.05, 0) is 12.1 Å². The topological polar surface area (TPSA) is 72.7 Å². The standard InChI is InChI=1S/C19H19N3O4/c1-22-14-8-6-5-7-13(14)18(19(22)23)21-20-11-12-9-16(25-3)17(26-4)10-15(12)24-2/h5-11H,1-4H3/b20-11-,21-18-. The Morgan fingerprint density at radius 3 is 2.31 bits per heavy atom. The first-order valence-electron chi connectivity index (χ1n) is 7.89. The highest BCUT2D eigenvalue weighted by molar-refractivity contribution is 6.54. The van der Waals surface area contributed by atoms with E-state index in [1.165, 1.54) is 6.21 Å². The van der Waals surface area contributed by atoms with Crippen LogP contribution in [0.3, 0.4) is 0 Å². The molecule has 1 heterocycles. The van der Waals surface area contributed by atoms with Crippen molar-refractivity contribution in [1.82, 2.24) is 0 Å². The molecule has 1 aliphatic heterocycles. The Kier molecular flexibility index (Phi) is 4.88. The fourth-order valence-electron chi connectivity index (χ4n) is 2.75. The number of nitrogens with zero attached hydrogens (tertiary/aromatic N) is 3. The van der Waals surface area contributed by atoms with E-state index in [0.29, 0.717) is 28.5 Å². The predicted molar refractivity (Wildman–Crippen MR) is 100 cm³/mol. The van der Waals surface area contributed by atoms with Crippen LogP contribution >= 0.6 is 0 Å². The van der Waals surface area contributed by atoms with Gasteiger partial charge < -0.3 is 19.1 Å². The third-order valence-corrected chi connectivity index (χ3v) is 4.12. The quantitative estimate of drug-likeness (QED) is 0.612. The van der Waals surface area contributed by atoms with Gasteiger partial charge in [-0.1, -0.05) is 18.2 Å². The van der Waals surface area contributed by atoms with Gasteiger partial charge in [0.2, 0.25) is 0 Å². The second kappa shape index (κ2) is 7.26. The first-order chi connectivity index (χ1) is 12.6. The molecule has 0 spiro atoms. The number of ether oxygens (including phenoxy) is 3. The van der Waals surface area contributed by atoms with Crippen molar-refractivity contribution in [3.05, 3.63) is 47.5 Å². The van der Waals surface area contributed by atoms with Crippen molar-refractivity contribution < 1.29 is 19.0 Å². The fraction of sp³-hybridized carbons (Fsp3) is 0.211. The average molecular weight is 353 g/mol. The van der Waals surface area contributed by atoms with E-state index in [4.69, 9.17) is 14.2 Å². The summed E-state index contributed by atoms with van der Waals surface area (Å²) in [5.41, 5.74) is 2.53. The van der Waals surface area contributed by atoms with Crippen LogP contribution in [-0.4, -0.2) is 46.2 Å². The van der Waals surface area contributed by atoms with Gasteiger partial charge in [0.25, 0.3) is 5.91 Å². The van der Waals surface area contributed by atoms with Gasteiger partial charge in [0.05, 0.1) is 33.2 Å². The molecule has 26 heavy (non-hydrogen) atoms. The molecule has 2 aromatic rings. The molecule has 134 valence electrons. The van der Waals surface area contributed by atoms with Gasteiger partial charge in [-0.3, -0.25) is 4.79 Å². The van der Waals surface area contributed by atoms with Gasteiger partial charge in [0.1, 0.15) is 5.75 Å². The van der Waals surface area contributed by atoms with Crippen molar-refractivity contribution in [3.63, 3.8) is 0 Å². The maximum Gasteiger partial charge on any atom is 0.279 e. The first-order valence-corrected chi connectivity index (χ1v) is 7.89. The van der Waals surface area contributed by atoms with Crippen LogP contribution in [0, 0.1) is 0 Å². The molecule has 0 aromatic heterocycles. The van der Waals surface area contributed by atoms with Crippen molar-refractivity contribution in [2.75, 3.05) is 33.3 Å². The number of benzene rings is 2. The summed E-state index contributed by atoms with van der Waals surface area (Å²) in [5, 5.41) is 8.22. The van der Waals surface area contributed by atoms with E-state index in [0.717, 1.165) is 11.3 Å². The zero-order valence-corrected chi connectivity index (χ0v) is 15.0. The molecule has 0 radical (unpaired) electrons. The Balaban J connectivity index is 1.96. The maximum atomic E-state index is 12.4. The second-order valence-corrected chi connectivity index (χ2v) is 5.52. The number of carbonyl (C=O) groups is 1. The summed E-state index contributed by atoms with van der Waals surface area (Å²) in [7, 11) is 6.37. The van der Waals surface area contributed by atoms with Gasteiger partial charge >= 0.3 is 0 Å². The lowest BCUT2D eigenvalue weighted by molar-refractivity contribution is -0.111. The third-order valence-electron chi connectivity index (χ3n) is 4.12. The average Bonchev–Trinajstić information content (AvgIpc) is 2.92. The lowest BCUT2D eigenvalue weighted by Crippen LogP contribution is -2.25. The van der Waals surface area contributed by atoms with E-state index < -0.39 is 0 Å². The first kappa shape index (κ1) is 17.5. The van der Waals surface area contributed by atoms with E-state index in [1.54, 1.807) is 45.4 Å². The summed E-state index contributed by atoms with van der Waals surface area (Å²) < 4.78 is 15.9. The van der Waals surface area contributed by atoms with Crippen molar-refractivity contribution in [3.8, 4) is 17.2 Å². The van der Waals surface area contributed by atoms with Crippen LogP contribution in [0.2, 0.25) is 0 Å². The molecular weight excluding hydrogens is 334 g/mol. The highest BCUT2D eigenvalue weighted by Gasteiger charge is 2.31. The van der Waals surface area contributed by atoms with Crippen LogP contribution in [0.15, 0.2) is 46.6 Å². The minimum atomic E-state index is -0.192. The van der Waals surface area contributed by atoms with Crippen LogP contribution in [0.5, 0.6) is 17.2 Å².